The van der Waals surface area contributed by atoms with E-state index >= 15 is 0 Å². The quantitative estimate of drug-likeness (QED) is 0.782. The van der Waals surface area contributed by atoms with Crippen LogP contribution in [-0.2, 0) is 15.6 Å². The molecule has 0 aromatic heterocycles. The van der Waals surface area contributed by atoms with E-state index in [-0.39, 0.29) is 17.5 Å². The Morgan fingerprint density at radius 1 is 1.28 bits per heavy atom. The van der Waals surface area contributed by atoms with E-state index < -0.39 is 15.7 Å². The fourth-order valence-electron chi connectivity index (χ4n) is 1.52. The van der Waals surface area contributed by atoms with Crippen molar-refractivity contribution in [2.45, 2.75) is 25.1 Å². The van der Waals surface area contributed by atoms with E-state index in [1.165, 1.54) is 12.1 Å². The minimum atomic E-state index is -3.22. The molecule has 0 saturated carbocycles. The highest BCUT2D eigenvalue weighted by atomic mass is 32.2. The van der Waals surface area contributed by atoms with Crippen molar-refractivity contribution < 1.29 is 13.2 Å². The van der Waals surface area contributed by atoms with Gasteiger partial charge in [0.2, 0.25) is 5.91 Å². The molecule has 1 aromatic rings. The minimum Gasteiger partial charge on any atom is -0.366 e. The average Bonchev–Trinajstić information content (AvgIpc) is 2.28. The molecule has 0 spiro atoms. The van der Waals surface area contributed by atoms with Crippen LogP contribution in [0.4, 0.5) is 0 Å². The summed E-state index contributed by atoms with van der Waals surface area (Å²) in [5.74, 6) is -0.627. The number of amides is 1. The van der Waals surface area contributed by atoms with Crippen molar-refractivity contribution >= 4 is 15.7 Å². The van der Waals surface area contributed by atoms with E-state index in [1.54, 1.807) is 12.1 Å². The molecule has 1 atom stereocenters. The summed E-state index contributed by atoms with van der Waals surface area (Å²) >= 11 is 0. The lowest BCUT2D eigenvalue weighted by atomic mass is 10.1. The number of primary amides is 1. The van der Waals surface area contributed by atoms with Gasteiger partial charge in [0.15, 0.2) is 9.84 Å². The number of nitrogens with two attached hydrogens (primary N) is 2. The van der Waals surface area contributed by atoms with Crippen LogP contribution >= 0.6 is 0 Å². The fourth-order valence-corrected chi connectivity index (χ4v) is 3.23. The first-order chi connectivity index (χ1) is 8.34. The molecule has 1 unspecified atom stereocenters. The van der Waals surface area contributed by atoms with Crippen LogP contribution in [0.25, 0.3) is 0 Å². The first kappa shape index (κ1) is 14.7. The molecule has 0 saturated heterocycles. The van der Waals surface area contributed by atoms with E-state index in [4.69, 9.17) is 11.5 Å². The second kappa shape index (κ2) is 5.97. The summed E-state index contributed by atoms with van der Waals surface area (Å²) in [5, 5.41) is 0. The van der Waals surface area contributed by atoms with Crippen LogP contribution in [0.5, 0.6) is 0 Å². The summed E-state index contributed by atoms with van der Waals surface area (Å²) in [4.78, 5) is 10.9. The zero-order chi connectivity index (χ0) is 13.8. The molecule has 6 heteroatoms. The first-order valence-corrected chi connectivity index (χ1v) is 7.51. The van der Waals surface area contributed by atoms with Gasteiger partial charge in [0.05, 0.1) is 11.5 Å². The molecule has 0 fully saturated rings. The van der Waals surface area contributed by atoms with Gasteiger partial charge in [0.25, 0.3) is 0 Å². The van der Waals surface area contributed by atoms with Crippen LogP contribution in [0, 0.1) is 0 Å². The van der Waals surface area contributed by atoms with Gasteiger partial charge in [-0.1, -0.05) is 19.1 Å². The molecular weight excluding hydrogens is 252 g/mol. The Bertz CT molecular complexity index is 509. The van der Waals surface area contributed by atoms with Crippen molar-refractivity contribution in [3.05, 3.63) is 35.4 Å². The largest absolute Gasteiger partial charge is 0.366 e. The zero-order valence-electron chi connectivity index (χ0n) is 10.3. The molecule has 18 heavy (non-hydrogen) atoms. The number of sulfone groups is 1. The molecular formula is C12H18N2O3S. The number of hydrogen-bond acceptors (Lipinski definition) is 4. The highest BCUT2D eigenvalue weighted by molar-refractivity contribution is 7.90. The van der Waals surface area contributed by atoms with E-state index in [9.17, 15) is 13.2 Å². The number of benzene rings is 1. The zero-order valence-corrected chi connectivity index (χ0v) is 11.1. The van der Waals surface area contributed by atoms with Crippen LogP contribution in [0.2, 0.25) is 0 Å². The second-order valence-corrected chi connectivity index (χ2v) is 6.39. The van der Waals surface area contributed by atoms with Crippen molar-refractivity contribution in [3.63, 3.8) is 0 Å². The first-order valence-electron chi connectivity index (χ1n) is 5.69. The molecule has 0 heterocycles. The Hall–Kier alpha value is -1.40. The van der Waals surface area contributed by atoms with Crippen molar-refractivity contribution in [2.24, 2.45) is 11.5 Å². The predicted octanol–water partition coefficient (Wildman–Crippen LogP) is 0.438. The van der Waals surface area contributed by atoms with Gasteiger partial charge >= 0.3 is 0 Å². The number of rotatable bonds is 6. The molecule has 0 aliphatic carbocycles. The monoisotopic (exact) mass is 270 g/mol. The molecule has 0 bridgehead atoms. The van der Waals surface area contributed by atoms with Gasteiger partial charge in [-0.15, -0.1) is 0 Å². The third-order valence-electron chi connectivity index (χ3n) is 2.62. The Morgan fingerprint density at radius 2 is 1.83 bits per heavy atom. The van der Waals surface area contributed by atoms with Crippen molar-refractivity contribution in [1.29, 1.82) is 0 Å². The van der Waals surface area contributed by atoms with E-state index in [0.717, 1.165) is 0 Å². The predicted molar refractivity (Wildman–Crippen MR) is 70.7 cm³/mol. The third kappa shape index (κ3) is 4.46. The van der Waals surface area contributed by atoms with E-state index in [2.05, 4.69) is 0 Å². The van der Waals surface area contributed by atoms with Crippen LogP contribution in [0.1, 0.15) is 29.3 Å². The molecule has 0 aliphatic heterocycles. The van der Waals surface area contributed by atoms with Crippen molar-refractivity contribution in [3.8, 4) is 0 Å². The van der Waals surface area contributed by atoms with Gasteiger partial charge in [-0.2, -0.15) is 0 Å². The molecule has 1 amide bonds. The van der Waals surface area contributed by atoms with Crippen LogP contribution in [-0.4, -0.2) is 26.1 Å². The maximum absolute atomic E-state index is 11.8. The topological polar surface area (TPSA) is 103 Å². The van der Waals surface area contributed by atoms with E-state index in [0.29, 0.717) is 17.5 Å². The number of hydrogen-bond donors (Lipinski definition) is 2. The summed E-state index contributed by atoms with van der Waals surface area (Å²) in [6, 6.07) is 5.89. The van der Waals surface area contributed by atoms with Crippen molar-refractivity contribution in [1.82, 2.24) is 0 Å². The maximum Gasteiger partial charge on any atom is 0.248 e. The summed E-state index contributed by atoms with van der Waals surface area (Å²) < 4.78 is 23.6. The maximum atomic E-state index is 11.8. The summed E-state index contributed by atoms with van der Waals surface area (Å²) in [7, 11) is -3.22. The normalized spacial score (nSPS) is 13.2. The van der Waals surface area contributed by atoms with Gasteiger partial charge in [-0.3, -0.25) is 4.79 Å². The molecule has 0 radical (unpaired) electrons. The standard InChI is InChI=1S/C12H18N2O3S/c1-2-11(13)8-18(16,17)7-9-3-5-10(6-4-9)12(14)15/h3-6,11H,2,7-8,13H2,1H3,(H2,14,15). The van der Waals surface area contributed by atoms with Gasteiger partial charge in [-0.25, -0.2) is 8.42 Å². The Labute approximate surface area is 107 Å². The highest BCUT2D eigenvalue weighted by Crippen LogP contribution is 2.10. The lowest BCUT2D eigenvalue weighted by Crippen LogP contribution is -2.29. The molecule has 1 aromatic carbocycles. The minimum absolute atomic E-state index is 0.0267. The summed E-state index contributed by atoms with van der Waals surface area (Å²) in [5.41, 5.74) is 11.7. The molecule has 100 valence electrons. The Balaban J connectivity index is 2.75. The summed E-state index contributed by atoms with van der Waals surface area (Å²) in [6.45, 7) is 1.85. The van der Waals surface area contributed by atoms with Crippen LogP contribution < -0.4 is 11.5 Å². The lowest BCUT2D eigenvalue weighted by Gasteiger charge is -2.09. The number of carbonyl (C=O) groups excluding carboxylic acids is 1. The smallest absolute Gasteiger partial charge is 0.248 e. The van der Waals surface area contributed by atoms with Crippen molar-refractivity contribution in [2.75, 3.05) is 5.75 Å². The van der Waals surface area contributed by atoms with Gasteiger partial charge in [-0.05, 0) is 24.1 Å². The number of carbonyl (C=O) groups is 1. The van der Waals surface area contributed by atoms with Gasteiger partial charge in [0, 0.05) is 11.6 Å². The third-order valence-corrected chi connectivity index (χ3v) is 4.33. The lowest BCUT2D eigenvalue weighted by molar-refractivity contribution is 0.100. The SMILES string of the molecule is CCC(N)CS(=O)(=O)Cc1ccc(C(N)=O)cc1. The fraction of sp³-hybridized carbons (Fsp3) is 0.417. The average molecular weight is 270 g/mol. The highest BCUT2D eigenvalue weighted by Gasteiger charge is 2.16. The molecule has 0 aliphatic rings. The van der Waals surface area contributed by atoms with E-state index in [1.807, 2.05) is 6.92 Å². The second-order valence-electron chi connectivity index (χ2n) is 4.28. The molecule has 5 nitrogen and oxygen atoms in total. The van der Waals surface area contributed by atoms with Gasteiger partial charge < -0.3 is 11.5 Å². The Morgan fingerprint density at radius 3 is 2.28 bits per heavy atom. The Kier molecular flexibility index (Phi) is 4.86. The van der Waals surface area contributed by atoms with Crippen LogP contribution in [0.3, 0.4) is 0 Å². The van der Waals surface area contributed by atoms with Gasteiger partial charge in [0.1, 0.15) is 0 Å². The molecule has 1 rings (SSSR count). The summed E-state index contributed by atoms with van der Waals surface area (Å²) in [6.07, 6.45) is 0.625. The molecule has 4 N–H and O–H groups in total. The van der Waals surface area contributed by atoms with Crippen LogP contribution in [0.15, 0.2) is 24.3 Å².